The third kappa shape index (κ3) is 21.4. The fraction of sp³-hybridized carbons (Fsp3) is 0.597. The predicted octanol–water partition coefficient (Wildman–Crippen LogP) is 14.8. The van der Waals surface area contributed by atoms with Gasteiger partial charge in [0.25, 0.3) is 11.8 Å². The van der Waals surface area contributed by atoms with Gasteiger partial charge in [-0.15, -0.1) is 7.92 Å². The van der Waals surface area contributed by atoms with Crippen molar-refractivity contribution in [2.75, 3.05) is 57.8 Å². The third-order valence-corrected chi connectivity index (χ3v) is 17.7. The van der Waals surface area contributed by atoms with Crippen LogP contribution < -0.4 is 4.74 Å². The lowest BCUT2D eigenvalue weighted by molar-refractivity contribution is -0.146. The number of likely N-dealkylation sites (tertiary alicyclic amines) is 4. The first-order valence-electron chi connectivity index (χ1n) is 28.9. The fourth-order valence-corrected chi connectivity index (χ4v) is 13.0. The maximum Gasteiger partial charge on any atom is 0.362 e. The SMILES string of the molecule is C.CC(c1ccc(F)cc1)N1CCCC(O)C1=O.CCCCP(CCCC)CCCC.Cc1cn(-c2ccc(OC3CCCN(C(C)c4ccc(F)cc4)C3=O)cc2C)cn1.O=C(N=NC(=O)N1CCCCC1)N1CCCCC1. The number of rotatable bonds is 16. The Balaban J connectivity index is 0.000000239. The number of ether oxygens (including phenoxy) is 1. The molecule has 0 aliphatic carbocycles. The van der Waals surface area contributed by atoms with Gasteiger partial charge >= 0.3 is 12.1 Å². The lowest BCUT2D eigenvalue weighted by atomic mass is 10.0. The van der Waals surface area contributed by atoms with Gasteiger partial charge in [0.15, 0.2) is 6.10 Å². The topological polar surface area (TPSA) is 153 Å². The summed E-state index contributed by atoms with van der Waals surface area (Å²) >= 11 is 0. The lowest BCUT2D eigenvalue weighted by Crippen LogP contribution is -2.47. The lowest BCUT2D eigenvalue weighted by Gasteiger charge is -2.36. The zero-order chi connectivity index (χ0) is 56.4. The Bertz CT molecular complexity index is 2410. The highest BCUT2D eigenvalue weighted by Gasteiger charge is 2.34. The predicted molar refractivity (Wildman–Crippen MR) is 314 cm³/mol. The van der Waals surface area contributed by atoms with Crippen molar-refractivity contribution >= 4 is 31.8 Å². The summed E-state index contributed by atoms with van der Waals surface area (Å²) in [5, 5.41) is 16.6. The monoisotopic (exact) mass is 1110 g/mol. The summed E-state index contributed by atoms with van der Waals surface area (Å²) in [4.78, 5) is 59.4. The van der Waals surface area contributed by atoms with Crippen LogP contribution in [-0.4, -0.2) is 128 Å². The zero-order valence-corrected chi connectivity index (χ0v) is 48.7. The van der Waals surface area contributed by atoms with Crippen LogP contribution in [0.5, 0.6) is 5.75 Å². The van der Waals surface area contributed by atoms with Gasteiger partial charge in [0.2, 0.25) is 0 Å². The van der Waals surface area contributed by atoms with Crippen LogP contribution in [0.2, 0.25) is 0 Å². The molecule has 6 amide bonds. The largest absolute Gasteiger partial charge is 0.481 e. The second kappa shape index (κ2) is 35.2. The second-order valence-electron chi connectivity index (χ2n) is 21.1. The smallest absolute Gasteiger partial charge is 0.362 e. The van der Waals surface area contributed by atoms with E-state index in [0.29, 0.717) is 39.6 Å². The number of benzene rings is 3. The number of hydrogen-bond donors (Lipinski definition) is 1. The molecule has 4 saturated heterocycles. The minimum atomic E-state index is -0.883. The number of unbranched alkanes of at least 4 members (excludes halogenated alkanes) is 3. The fourth-order valence-electron chi connectivity index (χ4n) is 10.0. The molecule has 0 radical (unpaired) electrons. The summed E-state index contributed by atoms with van der Waals surface area (Å²) in [6.07, 6.45) is 24.9. The zero-order valence-electron chi connectivity index (χ0n) is 47.8. The molecular weight excluding hydrogens is 1020 g/mol. The van der Waals surface area contributed by atoms with E-state index in [1.165, 1.54) is 62.8 Å². The number of carbonyl (C=O) groups excluding carboxylic acids is 4. The van der Waals surface area contributed by atoms with Gasteiger partial charge in [-0.25, -0.2) is 23.4 Å². The van der Waals surface area contributed by atoms with Gasteiger partial charge in [0.1, 0.15) is 23.5 Å². The molecule has 5 heterocycles. The standard InChI is InChI=1S/C24H26FN3O2.C13H16FNO2.C12H20N4O2.C12H27P.CH4/c1-16-13-21(10-11-22(16)27-14-17(2)26-15-27)30-23-5-4-12-28(24(23)29)18(3)19-6-8-20(25)9-7-19;1-9(10-4-6-11(14)7-5-10)15-8-2-3-12(16)13(15)17;17-11(15-7-3-1-4-8-15)13-14-12(18)16-9-5-2-6-10-16;1-4-7-10-13(11-8-5-2)12-9-6-3;/h6-11,13-15,18,23H,4-5,12H2,1-3H3;4-7,9,12,16H,2-3,8H2,1H3;1-10H2;4-12H2,1-3H3;1H4. The van der Waals surface area contributed by atoms with Gasteiger partial charge in [0.05, 0.1) is 24.1 Å². The van der Waals surface area contributed by atoms with Gasteiger partial charge in [0, 0.05) is 51.2 Å². The molecule has 4 fully saturated rings. The molecule has 4 aromatic rings. The molecule has 436 valence electrons. The maximum absolute atomic E-state index is 13.2. The van der Waals surface area contributed by atoms with Crippen LogP contribution in [-0.2, 0) is 9.59 Å². The Morgan fingerprint density at radius 1 is 0.658 bits per heavy atom. The summed E-state index contributed by atoms with van der Waals surface area (Å²) in [5.74, 6) is -0.131. The van der Waals surface area contributed by atoms with Gasteiger partial charge < -0.3 is 34.0 Å². The minimum absolute atomic E-state index is 0. The number of urea groups is 2. The quantitative estimate of drug-likeness (QED) is 0.0865. The van der Waals surface area contributed by atoms with Gasteiger partial charge in [-0.05, 0) is 189 Å². The van der Waals surface area contributed by atoms with E-state index in [1.54, 1.807) is 63.8 Å². The van der Waals surface area contributed by atoms with E-state index in [2.05, 4.69) is 36.0 Å². The van der Waals surface area contributed by atoms with Crippen LogP contribution in [0.25, 0.3) is 5.69 Å². The number of azo groups is 1. The number of aryl methyl sites for hydroxylation is 2. The van der Waals surface area contributed by atoms with Gasteiger partial charge in [-0.2, -0.15) is 0 Å². The molecule has 0 saturated carbocycles. The molecule has 1 N–H and O–H groups in total. The number of amides is 6. The first kappa shape index (κ1) is 65.9. The van der Waals surface area contributed by atoms with Gasteiger partial charge in [-0.3, -0.25) is 9.59 Å². The van der Waals surface area contributed by atoms with Crippen molar-refractivity contribution in [2.24, 2.45) is 10.2 Å². The van der Waals surface area contributed by atoms with E-state index >= 15 is 0 Å². The average molecular weight is 1120 g/mol. The van der Waals surface area contributed by atoms with Crippen LogP contribution >= 0.6 is 7.92 Å². The first-order valence-corrected chi connectivity index (χ1v) is 30.8. The number of halogens is 2. The Kier molecular flexibility index (Phi) is 29.4. The summed E-state index contributed by atoms with van der Waals surface area (Å²) in [6.45, 7) is 19.0. The molecule has 4 atom stereocenters. The van der Waals surface area contributed by atoms with Crippen LogP contribution in [0.4, 0.5) is 18.4 Å². The highest BCUT2D eigenvalue weighted by Crippen LogP contribution is 2.39. The van der Waals surface area contributed by atoms with E-state index in [1.807, 2.05) is 61.6 Å². The first-order chi connectivity index (χ1) is 37.6. The Labute approximate surface area is 472 Å². The number of aromatic nitrogens is 2. The highest BCUT2D eigenvalue weighted by molar-refractivity contribution is 7.57. The molecule has 4 aliphatic rings. The number of aliphatic hydroxyl groups is 1. The molecular formula is C62H93F2N8O6P. The van der Waals surface area contributed by atoms with Gasteiger partial charge in [-0.1, -0.05) is 82.0 Å². The van der Waals surface area contributed by atoms with Crippen molar-refractivity contribution in [1.82, 2.24) is 29.2 Å². The van der Waals surface area contributed by atoms with Crippen LogP contribution in [0, 0.1) is 25.5 Å². The van der Waals surface area contributed by atoms with Crippen molar-refractivity contribution in [3.63, 3.8) is 0 Å². The van der Waals surface area contributed by atoms with E-state index in [9.17, 15) is 33.1 Å². The third-order valence-electron chi connectivity index (χ3n) is 14.9. The average Bonchev–Trinajstić information content (AvgIpc) is 3.93. The Hall–Kier alpha value is -5.60. The molecule has 3 aromatic carbocycles. The number of hydrogen-bond acceptors (Lipinski definition) is 7. The number of aliphatic hydroxyl groups excluding tert-OH is 1. The number of nitrogens with zero attached hydrogens (tertiary/aromatic N) is 8. The Morgan fingerprint density at radius 3 is 1.54 bits per heavy atom. The molecule has 4 unspecified atom stereocenters. The molecule has 0 bridgehead atoms. The summed E-state index contributed by atoms with van der Waals surface area (Å²) < 4.78 is 34.1. The number of piperidine rings is 4. The second-order valence-corrected chi connectivity index (χ2v) is 23.7. The Morgan fingerprint density at radius 2 is 1.11 bits per heavy atom. The van der Waals surface area contributed by atoms with Crippen molar-refractivity contribution in [2.45, 2.75) is 183 Å². The van der Waals surface area contributed by atoms with Crippen molar-refractivity contribution in [1.29, 1.82) is 0 Å². The van der Waals surface area contributed by atoms with Crippen molar-refractivity contribution < 1.29 is 37.8 Å². The van der Waals surface area contributed by atoms with Crippen LogP contribution in [0.15, 0.2) is 89.5 Å². The number of imidazole rings is 1. The maximum atomic E-state index is 13.2. The van der Waals surface area contributed by atoms with E-state index < -0.39 is 12.2 Å². The molecule has 17 heteroatoms. The van der Waals surface area contributed by atoms with Crippen LogP contribution in [0.1, 0.15) is 179 Å². The minimum Gasteiger partial charge on any atom is -0.481 e. The van der Waals surface area contributed by atoms with E-state index in [0.717, 1.165) is 106 Å². The number of carbonyl (C=O) groups is 4. The normalized spacial score (nSPS) is 18.3. The summed E-state index contributed by atoms with van der Waals surface area (Å²) in [7, 11) is 0.422. The van der Waals surface area contributed by atoms with E-state index in [4.69, 9.17) is 4.74 Å². The van der Waals surface area contributed by atoms with Crippen molar-refractivity contribution in [3.8, 4) is 11.4 Å². The van der Waals surface area contributed by atoms with Crippen LogP contribution in [0.3, 0.4) is 0 Å². The molecule has 1 aromatic heterocycles. The molecule has 14 nitrogen and oxygen atoms in total. The highest BCUT2D eigenvalue weighted by atomic mass is 31.1. The van der Waals surface area contributed by atoms with E-state index in [-0.39, 0.29) is 55.0 Å². The summed E-state index contributed by atoms with van der Waals surface area (Å²) in [6, 6.07) is 17.3. The molecule has 79 heavy (non-hydrogen) atoms. The molecule has 4 aliphatic heterocycles. The molecule has 8 rings (SSSR count). The van der Waals surface area contributed by atoms with Crippen molar-refractivity contribution in [3.05, 3.63) is 113 Å². The molecule has 0 spiro atoms. The summed E-state index contributed by atoms with van der Waals surface area (Å²) in [5.41, 5.74) is 4.84.